The summed E-state index contributed by atoms with van der Waals surface area (Å²) >= 11 is 12.2. The van der Waals surface area contributed by atoms with E-state index in [4.69, 9.17) is 32.7 Å². The summed E-state index contributed by atoms with van der Waals surface area (Å²) in [6.07, 6.45) is 1.48. The molecule has 0 spiro atoms. The Bertz CT molecular complexity index is 1270. The predicted molar refractivity (Wildman–Crippen MR) is 142 cm³/mol. The third-order valence-corrected chi connectivity index (χ3v) is 6.53. The molecule has 1 aliphatic rings. The lowest BCUT2D eigenvalue weighted by molar-refractivity contribution is -0.136. The van der Waals surface area contributed by atoms with E-state index in [1.165, 1.54) is 30.5 Å². The minimum atomic E-state index is -0.960. The maximum absolute atomic E-state index is 13.4. The topological polar surface area (TPSA) is 84.0 Å². The molecule has 1 atom stereocenters. The fourth-order valence-electron chi connectivity index (χ4n) is 3.84. The van der Waals surface area contributed by atoms with Crippen molar-refractivity contribution in [2.75, 3.05) is 39.8 Å². The summed E-state index contributed by atoms with van der Waals surface area (Å²) in [5, 5.41) is 3.48. The van der Waals surface area contributed by atoms with Crippen molar-refractivity contribution in [1.29, 1.82) is 0 Å². The van der Waals surface area contributed by atoms with Gasteiger partial charge >= 0.3 is 0 Å². The van der Waals surface area contributed by atoms with Crippen LogP contribution in [0.5, 0.6) is 11.6 Å². The van der Waals surface area contributed by atoms with Crippen LogP contribution in [0.2, 0.25) is 10.0 Å². The lowest BCUT2D eigenvalue weighted by atomic mass is 10.2. The Hall–Kier alpha value is -3.24. The normalized spacial score (nSPS) is 14.7. The predicted octanol–water partition coefficient (Wildman–Crippen LogP) is 4.41. The van der Waals surface area contributed by atoms with Gasteiger partial charge in [-0.15, -0.1) is 0 Å². The summed E-state index contributed by atoms with van der Waals surface area (Å²) in [5.41, 5.74) is 0.861. The van der Waals surface area contributed by atoms with Gasteiger partial charge < -0.3 is 24.6 Å². The number of rotatable bonds is 9. The molecule has 1 aromatic heterocycles. The minimum absolute atomic E-state index is 0.0206. The molecule has 0 unspecified atom stereocenters. The first-order chi connectivity index (χ1) is 18.3. The Kier molecular flexibility index (Phi) is 9.52. The van der Waals surface area contributed by atoms with E-state index in [9.17, 15) is 14.0 Å². The number of carbonyl (C=O) groups excluding carboxylic acids is 2. The maximum atomic E-state index is 13.4. The monoisotopic (exact) mass is 560 g/mol. The lowest BCUT2D eigenvalue weighted by Gasteiger charge is -2.34. The highest BCUT2D eigenvalue weighted by Crippen LogP contribution is 2.32. The number of aromatic nitrogens is 1. The smallest absolute Gasteiger partial charge is 0.257 e. The number of nitrogens with one attached hydrogen (secondary N) is 1. The summed E-state index contributed by atoms with van der Waals surface area (Å²) in [5.74, 6) is -0.865. The third kappa shape index (κ3) is 7.41. The van der Waals surface area contributed by atoms with Crippen LogP contribution in [0.25, 0.3) is 0 Å². The largest absolute Gasteiger partial charge is 0.437 e. The van der Waals surface area contributed by atoms with E-state index in [0.29, 0.717) is 18.1 Å². The van der Waals surface area contributed by atoms with Crippen LogP contribution < -0.4 is 10.1 Å². The van der Waals surface area contributed by atoms with Crippen LogP contribution in [0.3, 0.4) is 0 Å². The van der Waals surface area contributed by atoms with Gasteiger partial charge in [-0.25, -0.2) is 9.37 Å². The van der Waals surface area contributed by atoms with E-state index in [1.807, 2.05) is 7.05 Å². The van der Waals surface area contributed by atoms with Crippen molar-refractivity contribution in [3.8, 4) is 11.6 Å². The third-order valence-electron chi connectivity index (χ3n) is 6.00. The molecule has 0 saturated carbocycles. The van der Waals surface area contributed by atoms with Gasteiger partial charge in [0.2, 0.25) is 11.8 Å². The van der Waals surface area contributed by atoms with Crippen LogP contribution in [0.4, 0.5) is 4.39 Å². The number of piperazine rings is 1. The van der Waals surface area contributed by atoms with Gasteiger partial charge in [0.05, 0.1) is 18.2 Å². The highest BCUT2D eigenvalue weighted by atomic mass is 35.5. The van der Waals surface area contributed by atoms with Crippen LogP contribution in [-0.2, 0) is 16.1 Å². The first-order valence-corrected chi connectivity index (χ1v) is 12.7. The number of halogens is 3. The zero-order valence-corrected chi connectivity index (χ0v) is 22.2. The van der Waals surface area contributed by atoms with Crippen molar-refractivity contribution < 1.29 is 23.5 Å². The fraction of sp³-hybridized carbons (Fsp3) is 0.296. The molecule has 0 bridgehead atoms. The van der Waals surface area contributed by atoms with E-state index < -0.39 is 11.9 Å². The Balaban J connectivity index is 1.49. The molecule has 0 aliphatic carbocycles. The van der Waals surface area contributed by atoms with Crippen LogP contribution in [0.15, 0.2) is 60.8 Å². The van der Waals surface area contributed by atoms with Gasteiger partial charge in [0.1, 0.15) is 23.2 Å². The van der Waals surface area contributed by atoms with Crippen molar-refractivity contribution >= 4 is 35.0 Å². The van der Waals surface area contributed by atoms with E-state index in [1.54, 1.807) is 35.2 Å². The van der Waals surface area contributed by atoms with Crippen molar-refractivity contribution in [3.05, 3.63) is 87.8 Å². The SMILES string of the molecule is CN1CCN(C(=O)[C@@H](COCc2ccc(F)cc2)NC(=O)c2cccnc2Oc2ccc(Cl)cc2Cl)CC1. The van der Waals surface area contributed by atoms with Crippen molar-refractivity contribution in [3.63, 3.8) is 0 Å². The molecule has 3 aromatic rings. The second-order valence-corrected chi connectivity index (χ2v) is 9.67. The molecule has 2 amide bonds. The Morgan fingerprint density at radius 2 is 1.82 bits per heavy atom. The van der Waals surface area contributed by atoms with Gasteiger partial charge in [-0.2, -0.15) is 0 Å². The number of ether oxygens (including phenoxy) is 2. The Labute approximate surface area is 230 Å². The fourth-order valence-corrected chi connectivity index (χ4v) is 4.29. The van der Waals surface area contributed by atoms with Gasteiger partial charge in [0.15, 0.2) is 0 Å². The van der Waals surface area contributed by atoms with Crippen LogP contribution in [-0.4, -0.2) is 72.5 Å². The molecule has 0 radical (unpaired) electrons. The Morgan fingerprint density at radius 1 is 1.08 bits per heavy atom. The van der Waals surface area contributed by atoms with Gasteiger partial charge in [-0.1, -0.05) is 35.3 Å². The second kappa shape index (κ2) is 13.0. The average Bonchev–Trinajstić information content (AvgIpc) is 2.91. The molecule has 1 saturated heterocycles. The minimum Gasteiger partial charge on any atom is -0.437 e. The van der Waals surface area contributed by atoms with E-state index in [-0.39, 0.29) is 47.2 Å². The average molecular weight is 561 g/mol. The number of nitrogens with zero attached hydrogens (tertiary/aromatic N) is 3. The number of likely N-dealkylation sites (N-methyl/N-ethyl adjacent to an activating group) is 1. The molecule has 8 nitrogen and oxygen atoms in total. The summed E-state index contributed by atoms with van der Waals surface area (Å²) in [6.45, 7) is 2.61. The van der Waals surface area contributed by atoms with E-state index >= 15 is 0 Å². The van der Waals surface area contributed by atoms with Gasteiger partial charge in [-0.3, -0.25) is 9.59 Å². The molecule has 1 fully saturated rings. The zero-order chi connectivity index (χ0) is 27.1. The Morgan fingerprint density at radius 3 is 2.53 bits per heavy atom. The summed E-state index contributed by atoms with van der Waals surface area (Å²) < 4.78 is 24.8. The van der Waals surface area contributed by atoms with Gasteiger partial charge in [-0.05, 0) is 55.1 Å². The molecule has 11 heteroatoms. The van der Waals surface area contributed by atoms with Crippen molar-refractivity contribution in [2.45, 2.75) is 12.6 Å². The van der Waals surface area contributed by atoms with Crippen molar-refractivity contribution in [2.24, 2.45) is 0 Å². The zero-order valence-electron chi connectivity index (χ0n) is 20.7. The number of hydrogen-bond acceptors (Lipinski definition) is 6. The highest BCUT2D eigenvalue weighted by molar-refractivity contribution is 6.35. The van der Waals surface area contributed by atoms with Gasteiger partial charge in [0.25, 0.3) is 5.91 Å². The molecule has 200 valence electrons. The summed E-state index contributed by atoms with van der Waals surface area (Å²) in [7, 11) is 1.99. The number of benzene rings is 2. The summed E-state index contributed by atoms with van der Waals surface area (Å²) in [4.78, 5) is 34.8. The molecule has 38 heavy (non-hydrogen) atoms. The first kappa shape index (κ1) is 27.8. The molecular weight excluding hydrogens is 534 g/mol. The molecule has 4 rings (SSSR count). The molecule has 1 N–H and O–H groups in total. The first-order valence-electron chi connectivity index (χ1n) is 12.0. The standard InChI is InChI=1S/C27H27Cl2FN4O4/c1-33-11-13-34(14-12-33)27(36)23(17-37-16-18-4-7-20(30)8-5-18)32-25(35)21-3-2-10-31-26(21)38-24-9-6-19(28)15-22(24)29/h2-10,15,23H,11-14,16-17H2,1H3,(H,32,35)/t23-/m1/s1. The lowest BCUT2D eigenvalue weighted by Crippen LogP contribution is -2.55. The van der Waals surface area contributed by atoms with Crippen LogP contribution >= 0.6 is 23.2 Å². The van der Waals surface area contributed by atoms with E-state index in [2.05, 4.69) is 15.2 Å². The number of carbonyl (C=O) groups is 2. The quantitative estimate of drug-likeness (QED) is 0.417. The molecule has 2 aromatic carbocycles. The van der Waals surface area contributed by atoms with Gasteiger partial charge in [0, 0.05) is 37.4 Å². The second-order valence-electron chi connectivity index (χ2n) is 8.83. The van der Waals surface area contributed by atoms with Crippen LogP contribution in [0.1, 0.15) is 15.9 Å². The number of amides is 2. The molecule has 2 heterocycles. The maximum Gasteiger partial charge on any atom is 0.257 e. The number of pyridine rings is 1. The summed E-state index contributed by atoms with van der Waals surface area (Å²) in [6, 6.07) is 12.8. The molecular formula is C27H27Cl2FN4O4. The van der Waals surface area contributed by atoms with Crippen molar-refractivity contribution in [1.82, 2.24) is 20.1 Å². The number of hydrogen-bond donors (Lipinski definition) is 1. The van der Waals surface area contributed by atoms with E-state index in [0.717, 1.165) is 18.7 Å². The molecule has 1 aliphatic heterocycles. The highest BCUT2D eigenvalue weighted by Gasteiger charge is 2.29. The van der Waals surface area contributed by atoms with Crippen LogP contribution in [0, 0.1) is 5.82 Å².